The lowest BCUT2D eigenvalue weighted by atomic mass is 10.3. The molecule has 7 nitrogen and oxygen atoms in total. The number of hydrazine groups is 1. The van der Waals surface area contributed by atoms with Crippen molar-refractivity contribution in [3.05, 3.63) is 30.3 Å². The number of aromatic nitrogens is 2. The average molecular weight is 279 g/mol. The molecule has 0 bridgehead atoms. The molecule has 1 heterocycles. The quantitative estimate of drug-likeness (QED) is 0.566. The van der Waals surface area contributed by atoms with Gasteiger partial charge in [-0.1, -0.05) is 0 Å². The van der Waals surface area contributed by atoms with E-state index >= 15 is 0 Å². The van der Waals surface area contributed by atoms with Crippen LogP contribution in [-0.2, 0) is 0 Å². The lowest BCUT2D eigenvalue weighted by Crippen LogP contribution is -2.11. The number of methoxy groups -OCH3 is 2. The van der Waals surface area contributed by atoms with Crippen molar-refractivity contribution < 1.29 is 13.9 Å². The summed E-state index contributed by atoms with van der Waals surface area (Å²) >= 11 is 0. The highest BCUT2D eigenvalue weighted by Gasteiger charge is 2.13. The van der Waals surface area contributed by atoms with Gasteiger partial charge >= 0.3 is 0 Å². The summed E-state index contributed by atoms with van der Waals surface area (Å²) in [7, 11) is 2.94. The maximum Gasteiger partial charge on any atom is 0.205 e. The van der Waals surface area contributed by atoms with Gasteiger partial charge in [-0.3, -0.25) is 0 Å². The molecule has 0 saturated carbocycles. The molecular formula is C12H14FN5O2. The first-order chi connectivity index (χ1) is 9.69. The van der Waals surface area contributed by atoms with Gasteiger partial charge < -0.3 is 20.2 Å². The number of nitrogens with zero attached hydrogens (tertiary/aromatic N) is 2. The highest BCUT2D eigenvalue weighted by molar-refractivity contribution is 5.69. The zero-order chi connectivity index (χ0) is 14.5. The number of nitrogens with one attached hydrogen (secondary N) is 2. The van der Waals surface area contributed by atoms with Crippen LogP contribution in [0.4, 0.5) is 21.7 Å². The Kier molecular flexibility index (Phi) is 4.16. The van der Waals surface area contributed by atoms with Crippen LogP contribution in [0.1, 0.15) is 0 Å². The number of halogens is 1. The van der Waals surface area contributed by atoms with Gasteiger partial charge in [0, 0.05) is 6.07 Å². The Morgan fingerprint density at radius 3 is 2.55 bits per heavy atom. The normalized spacial score (nSPS) is 10.0. The molecule has 1 aromatic carbocycles. The minimum atomic E-state index is -0.450. The summed E-state index contributed by atoms with van der Waals surface area (Å²) in [5, 5.41) is 2.81. The predicted molar refractivity (Wildman–Crippen MR) is 72.6 cm³/mol. The second-order valence-corrected chi connectivity index (χ2v) is 3.72. The van der Waals surface area contributed by atoms with E-state index in [0.717, 1.165) is 0 Å². The van der Waals surface area contributed by atoms with Gasteiger partial charge in [-0.15, -0.1) is 0 Å². The summed E-state index contributed by atoms with van der Waals surface area (Å²) in [6.45, 7) is 0. The fourth-order valence-electron chi connectivity index (χ4n) is 1.61. The summed E-state index contributed by atoms with van der Waals surface area (Å²) < 4.78 is 24.0. The Bertz CT molecular complexity index is 608. The maximum atomic E-state index is 13.8. The van der Waals surface area contributed by atoms with Crippen LogP contribution in [-0.4, -0.2) is 24.2 Å². The lowest BCUT2D eigenvalue weighted by Gasteiger charge is -2.13. The minimum absolute atomic E-state index is 0.198. The number of nitrogens with two attached hydrogens (primary N) is 1. The van der Waals surface area contributed by atoms with Crippen LogP contribution in [0.15, 0.2) is 24.5 Å². The number of rotatable bonds is 5. The predicted octanol–water partition coefficient (Wildman–Crippen LogP) is 1.66. The average Bonchev–Trinajstić information content (AvgIpc) is 2.49. The number of nitrogen functional groups attached to an aromatic ring is 1. The van der Waals surface area contributed by atoms with Crippen LogP contribution in [0.2, 0.25) is 0 Å². The number of hydrogen-bond acceptors (Lipinski definition) is 7. The summed E-state index contributed by atoms with van der Waals surface area (Å²) in [4.78, 5) is 7.90. The standard InChI is InChI=1S/C12H14FN5O2/c1-19-7-3-4-8(13)9(5-7)17-11-10(20-2)12(18-14)16-6-15-11/h3-6H,14H2,1-2H3,(H2,15,16,17,18). The first-order valence-corrected chi connectivity index (χ1v) is 5.65. The van der Waals surface area contributed by atoms with E-state index in [1.54, 1.807) is 0 Å². The molecule has 20 heavy (non-hydrogen) atoms. The van der Waals surface area contributed by atoms with Crippen molar-refractivity contribution >= 4 is 17.3 Å². The summed E-state index contributed by atoms with van der Waals surface area (Å²) in [6.07, 6.45) is 1.28. The molecular weight excluding hydrogens is 265 g/mol. The second kappa shape index (κ2) is 6.02. The number of anilines is 3. The van der Waals surface area contributed by atoms with Gasteiger partial charge in [0.2, 0.25) is 5.75 Å². The van der Waals surface area contributed by atoms with E-state index in [1.165, 1.54) is 38.7 Å². The smallest absolute Gasteiger partial charge is 0.205 e. The molecule has 0 unspecified atom stereocenters. The molecule has 0 fully saturated rings. The van der Waals surface area contributed by atoms with E-state index in [2.05, 4.69) is 20.7 Å². The Morgan fingerprint density at radius 2 is 1.90 bits per heavy atom. The van der Waals surface area contributed by atoms with Crippen LogP contribution in [0.3, 0.4) is 0 Å². The molecule has 0 aliphatic carbocycles. The van der Waals surface area contributed by atoms with Crippen molar-refractivity contribution in [3.63, 3.8) is 0 Å². The molecule has 2 aromatic rings. The van der Waals surface area contributed by atoms with Crippen LogP contribution < -0.4 is 26.1 Å². The second-order valence-electron chi connectivity index (χ2n) is 3.72. The minimum Gasteiger partial charge on any atom is -0.497 e. The molecule has 1 aromatic heterocycles. The van der Waals surface area contributed by atoms with E-state index in [1.807, 2.05) is 0 Å². The van der Waals surface area contributed by atoms with Crippen LogP contribution in [0.25, 0.3) is 0 Å². The van der Waals surface area contributed by atoms with Crippen molar-refractivity contribution in [2.24, 2.45) is 5.84 Å². The third-order valence-corrected chi connectivity index (χ3v) is 2.57. The van der Waals surface area contributed by atoms with E-state index < -0.39 is 5.82 Å². The molecule has 0 amide bonds. The van der Waals surface area contributed by atoms with Crippen LogP contribution >= 0.6 is 0 Å². The monoisotopic (exact) mass is 279 g/mol. The van der Waals surface area contributed by atoms with Gasteiger partial charge in [0.25, 0.3) is 0 Å². The Labute approximate surface area is 114 Å². The fourth-order valence-corrected chi connectivity index (χ4v) is 1.61. The van der Waals surface area contributed by atoms with E-state index in [4.69, 9.17) is 15.3 Å². The molecule has 0 aliphatic rings. The van der Waals surface area contributed by atoms with Gasteiger partial charge in [-0.2, -0.15) is 0 Å². The maximum absolute atomic E-state index is 13.8. The van der Waals surface area contributed by atoms with E-state index in [0.29, 0.717) is 5.75 Å². The molecule has 0 saturated heterocycles. The molecule has 0 atom stereocenters. The van der Waals surface area contributed by atoms with Gasteiger partial charge in [0.1, 0.15) is 17.9 Å². The van der Waals surface area contributed by atoms with Gasteiger partial charge in [0.15, 0.2) is 11.6 Å². The number of ether oxygens (including phenoxy) is 2. The molecule has 2 rings (SSSR count). The molecule has 106 valence electrons. The van der Waals surface area contributed by atoms with Crippen LogP contribution in [0.5, 0.6) is 11.5 Å². The first kappa shape index (κ1) is 13.8. The van der Waals surface area contributed by atoms with Crippen molar-refractivity contribution in [3.8, 4) is 11.5 Å². The van der Waals surface area contributed by atoms with Crippen molar-refractivity contribution in [2.75, 3.05) is 25.0 Å². The topological polar surface area (TPSA) is 94.3 Å². The Balaban J connectivity index is 2.39. The summed E-state index contributed by atoms with van der Waals surface area (Å²) in [5.41, 5.74) is 2.57. The molecule has 0 radical (unpaired) electrons. The summed E-state index contributed by atoms with van der Waals surface area (Å²) in [5.74, 6) is 6.23. The first-order valence-electron chi connectivity index (χ1n) is 5.65. The number of hydrogen-bond donors (Lipinski definition) is 3. The molecule has 0 aliphatic heterocycles. The third kappa shape index (κ3) is 2.69. The van der Waals surface area contributed by atoms with Crippen molar-refractivity contribution in [2.45, 2.75) is 0 Å². The van der Waals surface area contributed by atoms with Crippen LogP contribution in [0, 0.1) is 5.82 Å². The summed E-state index contributed by atoms with van der Waals surface area (Å²) in [6, 6.07) is 4.31. The third-order valence-electron chi connectivity index (χ3n) is 2.57. The Morgan fingerprint density at radius 1 is 1.15 bits per heavy atom. The highest BCUT2D eigenvalue weighted by Crippen LogP contribution is 2.32. The fraction of sp³-hybridized carbons (Fsp3) is 0.167. The number of benzene rings is 1. The molecule has 4 N–H and O–H groups in total. The largest absolute Gasteiger partial charge is 0.497 e. The van der Waals surface area contributed by atoms with Gasteiger partial charge in [-0.25, -0.2) is 20.2 Å². The van der Waals surface area contributed by atoms with Gasteiger partial charge in [-0.05, 0) is 12.1 Å². The highest BCUT2D eigenvalue weighted by atomic mass is 19.1. The van der Waals surface area contributed by atoms with E-state index in [9.17, 15) is 4.39 Å². The molecule has 8 heteroatoms. The lowest BCUT2D eigenvalue weighted by molar-refractivity contribution is 0.413. The Hall–Kier alpha value is -2.61. The van der Waals surface area contributed by atoms with Gasteiger partial charge in [0.05, 0.1) is 19.9 Å². The zero-order valence-corrected chi connectivity index (χ0v) is 11.0. The van der Waals surface area contributed by atoms with Crippen molar-refractivity contribution in [1.82, 2.24) is 9.97 Å². The SMILES string of the molecule is COc1ccc(F)c(Nc2ncnc(NN)c2OC)c1. The van der Waals surface area contributed by atoms with Crippen molar-refractivity contribution in [1.29, 1.82) is 0 Å². The zero-order valence-electron chi connectivity index (χ0n) is 11.0. The van der Waals surface area contributed by atoms with E-state index in [-0.39, 0.29) is 23.1 Å². The molecule has 0 spiro atoms.